The van der Waals surface area contributed by atoms with Crippen LogP contribution < -0.4 is 15.7 Å². The fraction of sp³-hybridized carbons (Fsp3) is 0.462. The summed E-state index contributed by atoms with van der Waals surface area (Å²) in [6.07, 6.45) is 0. The van der Waals surface area contributed by atoms with E-state index in [1.165, 1.54) is 0 Å². The predicted molar refractivity (Wildman–Crippen MR) is 72.1 cm³/mol. The molecule has 0 saturated carbocycles. The van der Waals surface area contributed by atoms with E-state index in [0.29, 0.717) is 5.56 Å². The van der Waals surface area contributed by atoms with E-state index >= 15 is 0 Å². The second kappa shape index (κ2) is 7.68. The van der Waals surface area contributed by atoms with Crippen molar-refractivity contribution in [2.45, 2.75) is 13.8 Å². The molecule has 1 amide bonds. The summed E-state index contributed by atoms with van der Waals surface area (Å²) in [6, 6.07) is 7.22. The minimum absolute atomic E-state index is 0.460. The fourth-order valence-electron chi connectivity index (χ4n) is 1.81. The quantitative estimate of drug-likeness (QED) is 0.546. The van der Waals surface area contributed by atoms with Gasteiger partial charge in [-0.1, -0.05) is 13.8 Å². The van der Waals surface area contributed by atoms with Crippen LogP contribution in [0.3, 0.4) is 0 Å². The molecule has 1 aromatic carbocycles. The van der Waals surface area contributed by atoms with E-state index in [2.05, 4.69) is 10.2 Å². The molecule has 0 aliphatic carbocycles. The summed E-state index contributed by atoms with van der Waals surface area (Å²) in [5.74, 6) is -0.480. The molecule has 2 rings (SSSR count). The second-order valence-electron chi connectivity index (χ2n) is 3.72. The molecule has 0 radical (unpaired) electrons. The van der Waals surface area contributed by atoms with Crippen LogP contribution in [0.1, 0.15) is 24.2 Å². The van der Waals surface area contributed by atoms with Gasteiger partial charge in [-0.2, -0.15) is 0 Å². The second-order valence-corrected chi connectivity index (χ2v) is 3.72. The Kier molecular flexibility index (Phi) is 6.18. The van der Waals surface area contributed by atoms with E-state index < -0.39 is 5.91 Å². The molecule has 1 fully saturated rings. The first-order valence-corrected chi connectivity index (χ1v) is 6.31. The normalized spacial score (nSPS) is 14.5. The molecule has 1 heterocycles. The Bertz CT molecular complexity index is 359. The molecule has 1 aliphatic heterocycles. The average molecular weight is 251 g/mol. The molecule has 3 N–H and O–H groups in total. The van der Waals surface area contributed by atoms with Crippen molar-refractivity contribution < 1.29 is 10.0 Å². The Morgan fingerprint density at radius 2 is 1.78 bits per heavy atom. The highest BCUT2D eigenvalue weighted by molar-refractivity contribution is 5.93. The summed E-state index contributed by atoms with van der Waals surface area (Å²) in [4.78, 5) is 13.4. The van der Waals surface area contributed by atoms with Crippen LogP contribution in [-0.2, 0) is 0 Å². The van der Waals surface area contributed by atoms with E-state index in [-0.39, 0.29) is 0 Å². The highest BCUT2D eigenvalue weighted by atomic mass is 16.5. The number of nitrogens with one attached hydrogen (secondary N) is 2. The largest absolute Gasteiger partial charge is 0.369 e. The third-order valence-electron chi connectivity index (χ3n) is 2.71. The first-order valence-electron chi connectivity index (χ1n) is 6.31. The lowest BCUT2D eigenvalue weighted by molar-refractivity contribution is 0.0706. The minimum atomic E-state index is -0.480. The number of hydroxylamine groups is 1. The number of carbonyl (C=O) groups excluding carboxylic acids is 1. The lowest BCUT2D eigenvalue weighted by atomic mass is 10.2. The van der Waals surface area contributed by atoms with Crippen LogP contribution in [0.4, 0.5) is 5.69 Å². The Labute approximate surface area is 108 Å². The molecule has 0 atom stereocenters. The Hall–Kier alpha value is -1.59. The number of piperazine rings is 1. The zero-order valence-electron chi connectivity index (χ0n) is 10.9. The zero-order chi connectivity index (χ0) is 13.4. The van der Waals surface area contributed by atoms with Crippen LogP contribution in [0.15, 0.2) is 24.3 Å². The Balaban J connectivity index is 0.000000771. The highest BCUT2D eigenvalue weighted by Crippen LogP contribution is 2.15. The maximum Gasteiger partial charge on any atom is 0.274 e. The van der Waals surface area contributed by atoms with E-state index in [4.69, 9.17) is 5.21 Å². The van der Waals surface area contributed by atoms with Crippen LogP contribution in [0.5, 0.6) is 0 Å². The number of benzene rings is 1. The average Bonchev–Trinajstić information content (AvgIpc) is 2.49. The van der Waals surface area contributed by atoms with Gasteiger partial charge in [0.05, 0.1) is 0 Å². The van der Waals surface area contributed by atoms with Crippen LogP contribution in [-0.4, -0.2) is 37.3 Å². The molecule has 0 bridgehead atoms. The lowest BCUT2D eigenvalue weighted by Crippen LogP contribution is -2.43. The summed E-state index contributed by atoms with van der Waals surface area (Å²) in [5, 5.41) is 11.8. The van der Waals surface area contributed by atoms with Gasteiger partial charge >= 0.3 is 0 Å². The van der Waals surface area contributed by atoms with E-state index in [0.717, 1.165) is 31.9 Å². The molecule has 5 heteroatoms. The monoisotopic (exact) mass is 251 g/mol. The number of carbonyl (C=O) groups is 1. The van der Waals surface area contributed by atoms with Gasteiger partial charge in [0, 0.05) is 37.4 Å². The molecule has 0 spiro atoms. The van der Waals surface area contributed by atoms with Crippen molar-refractivity contribution in [3.63, 3.8) is 0 Å². The van der Waals surface area contributed by atoms with Crippen molar-refractivity contribution in [3.8, 4) is 0 Å². The molecular weight excluding hydrogens is 230 g/mol. The summed E-state index contributed by atoms with van der Waals surface area (Å²) >= 11 is 0. The van der Waals surface area contributed by atoms with Gasteiger partial charge in [0.15, 0.2) is 0 Å². The fourth-order valence-corrected chi connectivity index (χ4v) is 1.81. The van der Waals surface area contributed by atoms with Crippen molar-refractivity contribution in [3.05, 3.63) is 29.8 Å². The maximum atomic E-state index is 11.1. The molecule has 1 aliphatic rings. The molecule has 100 valence electrons. The van der Waals surface area contributed by atoms with Gasteiger partial charge < -0.3 is 10.2 Å². The standard InChI is InChI=1S/C11H15N3O2.C2H6/c15-11(13-16)9-1-3-10(4-2-9)14-7-5-12-6-8-14;1-2/h1-4,12,16H,5-8H2,(H,13,15);1-2H3. The van der Waals surface area contributed by atoms with Crippen LogP contribution in [0, 0.1) is 0 Å². The van der Waals surface area contributed by atoms with Gasteiger partial charge in [-0.25, -0.2) is 5.48 Å². The van der Waals surface area contributed by atoms with Crippen LogP contribution in [0.25, 0.3) is 0 Å². The maximum absolute atomic E-state index is 11.1. The van der Waals surface area contributed by atoms with Crippen molar-refractivity contribution in [1.82, 2.24) is 10.8 Å². The van der Waals surface area contributed by atoms with Crippen LogP contribution >= 0.6 is 0 Å². The van der Waals surface area contributed by atoms with Gasteiger partial charge in [-0.15, -0.1) is 0 Å². The SMILES string of the molecule is CC.O=C(NO)c1ccc(N2CCNCC2)cc1. The van der Waals surface area contributed by atoms with Gasteiger partial charge in [0.2, 0.25) is 0 Å². The first-order chi connectivity index (χ1) is 8.81. The molecule has 0 aromatic heterocycles. The van der Waals surface area contributed by atoms with E-state index in [1.54, 1.807) is 17.6 Å². The highest BCUT2D eigenvalue weighted by Gasteiger charge is 2.11. The first kappa shape index (κ1) is 14.5. The Morgan fingerprint density at radius 3 is 2.28 bits per heavy atom. The minimum Gasteiger partial charge on any atom is -0.369 e. The van der Waals surface area contributed by atoms with Crippen molar-refractivity contribution in [1.29, 1.82) is 0 Å². The predicted octanol–water partition coefficient (Wildman–Crippen LogP) is 1.24. The van der Waals surface area contributed by atoms with Gasteiger partial charge in [-0.05, 0) is 24.3 Å². The molecule has 5 nitrogen and oxygen atoms in total. The van der Waals surface area contributed by atoms with Gasteiger partial charge in [0.1, 0.15) is 0 Å². The molecular formula is C13H21N3O2. The third kappa shape index (κ3) is 3.72. The zero-order valence-corrected chi connectivity index (χ0v) is 10.9. The van der Waals surface area contributed by atoms with Gasteiger partial charge in [0.25, 0.3) is 5.91 Å². The topological polar surface area (TPSA) is 64.6 Å². The number of hydrogen-bond acceptors (Lipinski definition) is 4. The number of nitrogens with zero attached hydrogens (tertiary/aromatic N) is 1. The Morgan fingerprint density at radius 1 is 1.22 bits per heavy atom. The summed E-state index contributed by atoms with van der Waals surface area (Å²) in [7, 11) is 0. The van der Waals surface area contributed by atoms with Gasteiger partial charge in [-0.3, -0.25) is 10.0 Å². The number of hydrogen-bond donors (Lipinski definition) is 3. The number of anilines is 1. The third-order valence-corrected chi connectivity index (χ3v) is 2.71. The number of amides is 1. The smallest absolute Gasteiger partial charge is 0.274 e. The van der Waals surface area contributed by atoms with E-state index in [1.807, 2.05) is 26.0 Å². The van der Waals surface area contributed by atoms with Crippen molar-refractivity contribution in [2.75, 3.05) is 31.1 Å². The van der Waals surface area contributed by atoms with Crippen molar-refractivity contribution in [2.24, 2.45) is 0 Å². The van der Waals surface area contributed by atoms with Crippen molar-refractivity contribution >= 4 is 11.6 Å². The summed E-state index contributed by atoms with van der Waals surface area (Å²) < 4.78 is 0. The molecule has 1 saturated heterocycles. The lowest BCUT2D eigenvalue weighted by Gasteiger charge is -2.29. The van der Waals surface area contributed by atoms with Crippen LogP contribution in [0.2, 0.25) is 0 Å². The molecule has 18 heavy (non-hydrogen) atoms. The summed E-state index contributed by atoms with van der Waals surface area (Å²) in [6.45, 7) is 7.93. The summed E-state index contributed by atoms with van der Waals surface area (Å²) in [5.41, 5.74) is 3.18. The molecule has 0 unspecified atom stereocenters. The number of rotatable bonds is 2. The molecule has 1 aromatic rings. The van der Waals surface area contributed by atoms with E-state index in [9.17, 15) is 4.79 Å².